The number of nitrogens with zero attached hydrogens (tertiary/aromatic N) is 2. The van der Waals surface area contributed by atoms with Gasteiger partial charge in [0.25, 0.3) is 0 Å². The minimum absolute atomic E-state index is 0.136. The lowest BCUT2D eigenvalue weighted by Gasteiger charge is -2.18. The number of ether oxygens (including phenoxy) is 2. The van der Waals surface area contributed by atoms with E-state index in [2.05, 4.69) is 21.1 Å². The molecule has 0 unspecified atom stereocenters. The zero-order valence-electron chi connectivity index (χ0n) is 21.7. The zero-order valence-corrected chi connectivity index (χ0v) is 24.9. The maximum Gasteiger partial charge on any atom is 0.237 e. The summed E-state index contributed by atoms with van der Waals surface area (Å²) in [5.74, 6) is 1.38. The van der Waals surface area contributed by atoms with Gasteiger partial charge in [0.15, 0.2) is 0 Å². The predicted octanol–water partition coefficient (Wildman–Crippen LogP) is 7.13. The molecule has 1 aliphatic heterocycles. The fourth-order valence-electron chi connectivity index (χ4n) is 4.13. The van der Waals surface area contributed by atoms with Crippen molar-refractivity contribution in [2.45, 2.75) is 18.8 Å². The Bertz CT molecular complexity index is 1740. The second-order valence-electron chi connectivity index (χ2n) is 8.98. The highest BCUT2D eigenvalue weighted by atomic mass is 35.5. The number of pyridine rings is 1. The smallest absolute Gasteiger partial charge is 0.237 e. The lowest BCUT2D eigenvalue weighted by atomic mass is 10.1. The van der Waals surface area contributed by atoms with Crippen LogP contribution in [0.5, 0.6) is 11.5 Å². The minimum atomic E-state index is -3.68. The van der Waals surface area contributed by atoms with Crippen LogP contribution >= 0.6 is 33.2 Å². The fourth-order valence-corrected chi connectivity index (χ4v) is 9.80. The van der Waals surface area contributed by atoms with E-state index in [-0.39, 0.29) is 23.7 Å². The zero-order chi connectivity index (χ0) is 29.0. The first-order chi connectivity index (χ1) is 19.8. The van der Waals surface area contributed by atoms with Crippen molar-refractivity contribution in [2.75, 3.05) is 28.2 Å². The molecule has 1 aromatic heterocycles. The highest BCUT2D eigenvalue weighted by Crippen LogP contribution is 2.39. The molecule has 0 amide bonds. The van der Waals surface area contributed by atoms with Crippen molar-refractivity contribution in [3.63, 3.8) is 0 Å². The molecule has 212 valence electrons. The third-order valence-corrected chi connectivity index (χ3v) is 11.1. The van der Waals surface area contributed by atoms with E-state index in [1.54, 1.807) is 49.4 Å². The SMILES string of the molecule is CCOc1cc2ncc(C#N)c(Nc3ccc(OCc4cccc(F)c4)c(Cl)c3)c2cc1NS(=O)(=O)C1CSSC1. The molecule has 1 fully saturated rings. The van der Waals surface area contributed by atoms with Crippen molar-refractivity contribution in [2.24, 2.45) is 0 Å². The summed E-state index contributed by atoms with van der Waals surface area (Å²) in [4.78, 5) is 4.40. The number of nitriles is 1. The van der Waals surface area contributed by atoms with E-state index in [0.29, 0.717) is 62.5 Å². The van der Waals surface area contributed by atoms with Crippen molar-refractivity contribution in [1.29, 1.82) is 5.26 Å². The van der Waals surface area contributed by atoms with E-state index in [0.717, 1.165) is 0 Å². The van der Waals surface area contributed by atoms with E-state index < -0.39 is 15.3 Å². The Morgan fingerprint density at radius 3 is 2.63 bits per heavy atom. The van der Waals surface area contributed by atoms with E-state index in [1.807, 2.05) is 0 Å². The van der Waals surface area contributed by atoms with Gasteiger partial charge in [0.2, 0.25) is 10.0 Å². The molecule has 2 heterocycles. The molecular formula is C28H24ClFN4O4S3. The van der Waals surface area contributed by atoms with E-state index in [1.165, 1.54) is 39.9 Å². The molecule has 5 rings (SSSR count). The molecule has 0 saturated carbocycles. The van der Waals surface area contributed by atoms with Crippen LogP contribution in [0.15, 0.2) is 60.8 Å². The number of sulfonamides is 1. The number of rotatable bonds is 10. The first-order valence-electron chi connectivity index (χ1n) is 12.5. The van der Waals surface area contributed by atoms with E-state index in [9.17, 15) is 18.1 Å². The number of fused-ring (bicyclic) bond motifs is 1. The average molecular weight is 631 g/mol. The predicted molar refractivity (Wildman–Crippen MR) is 164 cm³/mol. The number of aromatic nitrogens is 1. The van der Waals surface area contributed by atoms with Crippen LogP contribution in [0.4, 0.5) is 21.5 Å². The second-order valence-corrected chi connectivity index (χ2v) is 13.9. The van der Waals surface area contributed by atoms with Crippen LogP contribution < -0.4 is 19.5 Å². The second kappa shape index (κ2) is 12.7. The Hall–Kier alpha value is -3.37. The van der Waals surface area contributed by atoms with Gasteiger partial charge in [0.05, 0.1) is 34.1 Å². The third-order valence-electron chi connectivity index (χ3n) is 6.16. The van der Waals surface area contributed by atoms with Crippen molar-refractivity contribution in [1.82, 2.24) is 4.98 Å². The van der Waals surface area contributed by atoms with Crippen LogP contribution in [0.3, 0.4) is 0 Å². The van der Waals surface area contributed by atoms with Crippen LogP contribution in [0, 0.1) is 17.1 Å². The van der Waals surface area contributed by atoms with Gasteiger partial charge < -0.3 is 14.8 Å². The molecule has 3 aromatic carbocycles. The molecular weight excluding hydrogens is 607 g/mol. The Morgan fingerprint density at radius 2 is 1.93 bits per heavy atom. The third kappa shape index (κ3) is 6.76. The molecule has 41 heavy (non-hydrogen) atoms. The number of hydrogen-bond donors (Lipinski definition) is 2. The summed E-state index contributed by atoms with van der Waals surface area (Å²) < 4.78 is 53.9. The van der Waals surface area contributed by atoms with Crippen LogP contribution in [0.25, 0.3) is 10.9 Å². The Kier molecular flexibility index (Phi) is 8.99. The first kappa shape index (κ1) is 29.1. The van der Waals surface area contributed by atoms with E-state index >= 15 is 0 Å². The topological polar surface area (TPSA) is 113 Å². The lowest BCUT2D eigenvalue weighted by molar-refractivity contribution is 0.306. The molecule has 1 aliphatic rings. The molecule has 0 aliphatic carbocycles. The monoisotopic (exact) mass is 630 g/mol. The number of nitrogens with one attached hydrogen (secondary N) is 2. The van der Waals surface area contributed by atoms with Gasteiger partial charge in [-0.3, -0.25) is 9.71 Å². The molecule has 0 radical (unpaired) electrons. The lowest BCUT2D eigenvalue weighted by Crippen LogP contribution is -2.29. The Balaban J connectivity index is 1.47. The average Bonchev–Trinajstić information content (AvgIpc) is 3.50. The molecule has 0 atom stereocenters. The van der Waals surface area contributed by atoms with Gasteiger partial charge in [-0.25, -0.2) is 12.8 Å². The number of halogens is 2. The largest absolute Gasteiger partial charge is 0.492 e. The molecule has 0 spiro atoms. The summed E-state index contributed by atoms with van der Waals surface area (Å²) in [6.07, 6.45) is 1.44. The Morgan fingerprint density at radius 1 is 1.12 bits per heavy atom. The summed E-state index contributed by atoms with van der Waals surface area (Å²) in [5, 5.41) is 13.4. The first-order valence-corrected chi connectivity index (χ1v) is 16.9. The van der Waals surface area contributed by atoms with Crippen molar-refractivity contribution in [3.05, 3.63) is 82.8 Å². The van der Waals surface area contributed by atoms with Crippen LogP contribution in [0.2, 0.25) is 5.02 Å². The van der Waals surface area contributed by atoms with Crippen LogP contribution in [-0.2, 0) is 16.6 Å². The molecule has 1 saturated heterocycles. The maximum atomic E-state index is 13.5. The number of benzene rings is 3. The van der Waals surface area contributed by atoms with Crippen molar-refractivity contribution in [3.8, 4) is 17.6 Å². The quantitative estimate of drug-likeness (QED) is 0.177. The maximum absolute atomic E-state index is 13.5. The van der Waals surface area contributed by atoms with Gasteiger partial charge in [0.1, 0.15) is 35.2 Å². The highest BCUT2D eigenvalue weighted by Gasteiger charge is 2.31. The van der Waals surface area contributed by atoms with Crippen LogP contribution in [-0.4, -0.2) is 36.8 Å². The standard InChI is InChI=1S/C28H24ClFN4O4S3/c1-2-37-27-11-24-22(10-25(27)34-41(35,36)21-15-39-40-16-21)28(18(12-31)13-32-24)33-20-6-7-26(23(29)9-20)38-14-17-4-3-5-19(30)8-17/h3-11,13,21,34H,2,14-16H2,1H3,(H,32,33). The highest BCUT2D eigenvalue weighted by molar-refractivity contribution is 8.77. The van der Waals surface area contributed by atoms with Gasteiger partial charge in [-0.2, -0.15) is 5.26 Å². The molecule has 13 heteroatoms. The van der Waals surface area contributed by atoms with Gasteiger partial charge in [-0.1, -0.05) is 45.3 Å². The Labute approximate surface area is 250 Å². The minimum Gasteiger partial charge on any atom is -0.492 e. The summed E-state index contributed by atoms with van der Waals surface area (Å²) in [7, 11) is -0.628. The summed E-state index contributed by atoms with van der Waals surface area (Å²) >= 11 is 6.49. The van der Waals surface area contributed by atoms with Gasteiger partial charge >= 0.3 is 0 Å². The fraction of sp³-hybridized carbons (Fsp3) is 0.214. The van der Waals surface area contributed by atoms with Gasteiger partial charge in [-0.05, 0) is 48.9 Å². The number of hydrogen-bond acceptors (Lipinski definition) is 9. The van der Waals surface area contributed by atoms with Gasteiger partial charge in [-0.15, -0.1) is 0 Å². The number of anilines is 3. The summed E-state index contributed by atoms with van der Waals surface area (Å²) in [6.45, 7) is 2.26. The summed E-state index contributed by atoms with van der Waals surface area (Å²) in [6, 6.07) is 16.6. The molecule has 4 aromatic rings. The van der Waals surface area contributed by atoms with Gasteiger partial charge in [0, 0.05) is 34.8 Å². The van der Waals surface area contributed by atoms with Crippen molar-refractivity contribution < 1.29 is 22.3 Å². The molecule has 8 nitrogen and oxygen atoms in total. The van der Waals surface area contributed by atoms with E-state index in [4.69, 9.17) is 21.1 Å². The summed E-state index contributed by atoms with van der Waals surface area (Å²) in [5.41, 5.74) is 2.67. The van der Waals surface area contributed by atoms with Crippen molar-refractivity contribution >= 4 is 71.2 Å². The van der Waals surface area contributed by atoms with Crippen LogP contribution in [0.1, 0.15) is 18.1 Å². The normalized spacial score (nSPS) is 13.6. The molecule has 2 N–H and O–H groups in total. The molecule has 0 bridgehead atoms.